The number of hydrogen-bond acceptors (Lipinski definition) is 4. The van der Waals surface area contributed by atoms with Gasteiger partial charge in [0.15, 0.2) is 0 Å². The van der Waals surface area contributed by atoms with E-state index in [0.29, 0.717) is 29.2 Å². The van der Waals surface area contributed by atoms with E-state index >= 15 is 0 Å². The molecule has 2 amide bonds. The molecular weight excluding hydrogens is 414 g/mol. The van der Waals surface area contributed by atoms with Gasteiger partial charge in [0.2, 0.25) is 21.8 Å². The van der Waals surface area contributed by atoms with E-state index in [1.807, 2.05) is 6.07 Å². The van der Waals surface area contributed by atoms with Gasteiger partial charge in [0.25, 0.3) is 0 Å². The number of piperidine rings is 1. The Bertz CT molecular complexity index is 1050. The SMILES string of the molecule is O=C1CN(C(=O)C2CCN(S(=O)(=O)c3ccc(Cl)cc3)CC2)c2ccccc2N1. The van der Waals surface area contributed by atoms with Crippen molar-refractivity contribution in [2.45, 2.75) is 17.7 Å². The number of halogens is 1. The first-order chi connectivity index (χ1) is 13.9. The van der Waals surface area contributed by atoms with Crippen LogP contribution in [0.1, 0.15) is 12.8 Å². The van der Waals surface area contributed by atoms with Gasteiger partial charge in [0, 0.05) is 24.0 Å². The van der Waals surface area contributed by atoms with Crippen LogP contribution in [0.25, 0.3) is 0 Å². The highest BCUT2D eigenvalue weighted by atomic mass is 35.5. The first kappa shape index (κ1) is 19.9. The highest BCUT2D eigenvalue weighted by Gasteiger charge is 2.36. The van der Waals surface area contributed by atoms with E-state index in [1.165, 1.54) is 21.3 Å². The van der Waals surface area contributed by atoms with Gasteiger partial charge in [-0.3, -0.25) is 9.59 Å². The summed E-state index contributed by atoms with van der Waals surface area (Å²) in [4.78, 5) is 26.8. The molecule has 0 radical (unpaired) electrons. The Morgan fingerprint density at radius 3 is 2.38 bits per heavy atom. The Morgan fingerprint density at radius 1 is 1.03 bits per heavy atom. The van der Waals surface area contributed by atoms with Crippen molar-refractivity contribution in [2.75, 3.05) is 29.9 Å². The summed E-state index contributed by atoms with van der Waals surface area (Å²) in [5, 5.41) is 3.24. The van der Waals surface area contributed by atoms with Gasteiger partial charge in [-0.15, -0.1) is 0 Å². The molecule has 0 unspecified atom stereocenters. The second-order valence-corrected chi connectivity index (χ2v) is 9.50. The lowest BCUT2D eigenvalue weighted by Crippen LogP contribution is -2.48. The number of carbonyl (C=O) groups is 2. The molecule has 2 aromatic rings. The number of sulfonamides is 1. The van der Waals surface area contributed by atoms with Crippen LogP contribution in [0.15, 0.2) is 53.4 Å². The van der Waals surface area contributed by atoms with Crippen molar-refractivity contribution in [3.05, 3.63) is 53.6 Å². The third-order valence-corrected chi connectivity index (χ3v) is 7.46. The molecule has 7 nitrogen and oxygen atoms in total. The maximum atomic E-state index is 13.1. The quantitative estimate of drug-likeness (QED) is 0.806. The molecular formula is C20H20ClN3O4S. The van der Waals surface area contributed by atoms with Crippen LogP contribution in [-0.2, 0) is 19.6 Å². The average molecular weight is 434 g/mol. The minimum Gasteiger partial charge on any atom is -0.323 e. The summed E-state index contributed by atoms with van der Waals surface area (Å²) in [7, 11) is -3.62. The fourth-order valence-corrected chi connectivity index (χ4v) is 5.34. The van der Waals surface area contributed by atoms with Gasteiger partial charge in [-0.2, -0.15) is 4.31 Å². The molecule has 9 heteroatoms. The highest BCUT2D eigenvalue weighted by molar-refractivity contribution is 7.89. The number of nitrogens with one attached hydrogen (secondary N) is 1. The zero-order valence-electron chi connectivity index (χ0n) is 15.5. The summed E-state index contributed by atoms with van der Waals surface area (Å²) in [6.07, 6.45) is 0.817. The summed E-state index contributed by atoms with van der Waals surface area (Å²) >= 11 is 5.84. The number of anilines is 2. The lowest BCUT2D eigenvalue weighted by Gasteiger charge is -2.35. The van der Waals surface area contributed by atoms with Crippen molar-refractivity contribution in [1.29, 1.82) is 0 Å². The predicted molar refractivity (Wildman–Crippen MR) is 110 cm³/mol. The number of benzene rings is 2. The largest absolute Gasteiger partial charge is 0.323 e. The molecule has 2 aromatic carbocycles. The van der Waals surface area contributed by atoms with Gasteiger partial charge in [-0.1, -0.05) is 23.7 Å². The maximum absolute atomic E-state index is 13.1. The summed E-state index contributed by atoms with van der Waals surface area (Å²) in [6.45, 7) is 0.477. The number of rotatable bonds is 3. The van der Waals surface area contributed by atoms with Crippen LogP contribution < -0.4 is 10.2 Å². The fourth-order valence-electron chi connectivity index (χ4n) is 3.75. The number of carbonyl (C=O) groups excluding carboxylic acids is 2. The second kappa shape index (κ2) is 7.78. The lowest BCUT2D eigenvalue weighted by atomic mass is 9.95. The molecule has 2 heterocycles. The van der Waals surface area contributed by atoms with Crippen LogP contribution in [0.4, 0.5) is 11.4 Å². The van der Waals surface area contributed by atoms with Crippen LogP contribution >= 0.6 is 11.6 Å². The minimum absolute atomic E-state index is 0.0286. The van der Waals surface area contributed by atoms with E-state index in [2.05, 4.69) is 5.32 Å². The van der Waals surface area contributed by atoms with Crippen molar-refractivity contribution in [3.63, 3.8) is 0 Å². The molecule has 152 valence electrons. The first-order valence-electron chi connectivity index (χ1n) is 9.32. The van der Waals surface area contributed by atoms with Gasteiger partial charge in [-0.05, 0) is 49.2 Å². The van der Waals surface area contributed by atoms with Crippen LogP contribution in [0.2, 0.25) is 5.02 Å². The molecule has 4 rings (SSSR count). The average Bonchev–Trinajstić information content (AvgIpc) is 2.73. The van der Waals surface area contributed by atoms with Crippen molar-refractivity contribution < 1.29 is 18.0 Å². The van der Waals surface area contributed by atoms with E-state index in [-0.39, 0.29) is 42.3 Å². The lowest BCUT2D eigenvalue weighted by molar-refractivity contribution is -0.125. The van der Waals surface area contributed by atoms with E-state index in [1.54, 1.807) is 30.3 Å². The third-order valence-electron chi connectivity index (χ3n) is 5.29. The Kier molecular flexibility index (Phi) is 5.33. The number of para-hydroxylation sites is 2. The van der Waals surface area contributed by atoms with E-state index in [0.717, 1.165) is 0 Å². The molecule has 0 spiro atoms. The summed E-state index contributed by atoms with van der Waals surface area (Å²) < 4.78 is 27.0. The predicted octanol–water partition coefficient (Wildman–Crippen LogP) is 2.73. The highest BCUT2D eigenvalue weighted by Crippen LogP contribution is 2.32. The molecule has 0 atom stereocenters. The van der Waals surface area contributed by atoms with E-state index < -0.39 is 10.0 Å². The van der Waals surface area contributed by atoms with Crippen LogP contribution in [0, 0.1) is 5.92 Å². The van der Waals surface area contributed by atoms with Crippen LogP contribution in [0.3, 0.4) is 0 Å². The normalized spacial score (nSPS) is 18.2. The van der Waals surface area contributed by atoms with Crippen molar-refractivity contribution in [1.82, 2.24) is 4.31 Å². The molecule has 1 N–H and O–H groups in total. The standard InChI is InChI=1S/C20H20ClN3O4S/c21-15-5-7-16(8-6-15)29(27,28)23-11-9-14(10-12-23)20(26)24-13-19(25)22-17-3-1-2-4-18(17)24/h1-8,14H,9-13H2,(H,22,25). The second-order valence-electron chi connectivity index (χ2n) is 7.12. The van der Waals surface area contributed by atoms with Gasteiger partial charge < -0.3 is 10.2 Å². The molecule has 2 aliphatic heterocycles. The van der Waals surface area contributed by atoms with Gasteiger partial charge in [-0.25, -0.2) is 8.42 Å². The molecule has 0 bridgehead atoms. The maximum Gasteiger partial charge on any atom is 0.244 e. The Hall–Kier alpha value is -2.42. The molecule has 2 aliphatic rings. The summed E-state index contributed by atoms with van der Waals surface area (Å²) in [5.74, 6) is -0.707. The van der Waals surface area contributed by atoms with E-state index in [9.17, 15) is 18.0 Å². The van der Waals surface area contributed by atoms with Crippen LogP contribution in [-0.4, -0.2) is 44.2 Å². The van der Waals surface area contributed by atoms with Crippen LogP contribution in [0.5, 0.6) is 0 Å². The van der Waals surface area contributed by atoms with Gasteiger partial charge in [0.05, 0.1) is 16.3 Å². The number of fused-ring (bicyclic) bond motifs is 1. The molecule has 0 aliphatic carbocycles. The first-order valence-corrected chi connectivity index (χ1v) is 11.1. The number of nitrogens with zero attached hydrogens (tertiary/aromatic N) is 2. The molecule has 29 heavy (non-hydrogen) atoms. The topological polar surface area (TPSA) is 86.8 Å². The van der Waals surface area contributed by atoms with Crippen molar-refractivity contribution in [3.8, 4) is 0 Å². The molecule has 1 saturated heterocycles. The van der Waals surface area contributed by atoms with Crippen molar-refractivity contribution in [2.24, 2.45) is 5.92 Å². The Labute approximate surface area is 174 Å². The van der Waals surface area contributed by atoms with Gasteiger partial charge >= 0.3 is 0 Å². The Balaban J connectivity index is 1.47. The molecule has 1 fully saturated rings. The monoisotopic (exact) mass is 433 g/mol. The van der Waals surface area contributed by atoms with Gasteiger partial charge in [0.1, 0.15) is 6.54 Å². The fraction of sp³-hybridized carbons (Fsp3) is 0.300. The third kappa shape index (κ3) is 3.88. The molecule has 0 aromatic heterocycles. The minimum atomic E-state index is -3.62. The summed E-state index contributed by atoms with van der Waals surface area (Å²) in [6, 6.07) is 13.2. The zero-order chi connectivity index (χ0) is 20.6. The smallest absolute Gasteiger partial charge is 0.244 e. The van der Waals surface area contributed by atoms with Crippen molar-refractivity contribution >= 4 is 44.8 Å². The number of amides is 2. The summed E-state index contributed by atoms with van der Waals surface area (Å²) in [5.41, 5.74) is 1.29. The Morgan fingerprint density at radius 2 is 1.69 bits per heavy atom. The number of hydrogen-bond donors (Lipinski definition) is 1. The van der Waals surface area contributed by atoms with E-state index in [4.69, 9.17) is 11.6 Å². The zero-order valence-corrected chi connectivity index (χ0v) is 17.1. The molecule has 0 saturated carbocycles.